The van der Waals surface area contributed by atoms with Crippen molar-refractivity contribution in [3.05, 3.63) is 12.7 Å². The molecule has 0 aromatic heterocycles. The average Bonchev–Trinajstić information content (AvgIpc) is 1.69. The molecular formula is C6H11F. The van der Waals surface area contributed by atoms with Gasteiger partial charge in [-0.1, -0.05) is 6.08 Å². The third kappa shape index (κ3) is 5.67. The summed E-state index contributed by atoms with van der Waals surface area (Å²) in [6.45, 7) is 3.32. The zero-order valence-corrected chi connectivity index (χ0v) is 4.49. The van der Waals surface area contributed by atoms with E-state index in [1.165, 1.54) is 0 Å². The molecule has 0 unspecified atom stereocenters. The Bertz CT molecular complexity index is 41.4. The summed E-state index contributed by atoms with van der Waals surface area (Å²) in [6.07, 6.45) is 4.39. The number of unbranched alkanes of at least 4 members (excludes halogenated alkanes) is 2. The lowest BCUT2D eigenvalue weighted by molar-refractivity contribution is 0.463. The van der Waals surface area contributed by atoms with E-state index in [0.29, 0.717) is 6.42 Å². The Labute approximate surface area is 44.0 Å². The van der Waals surface area contributed by atoms with Gasteiger partial charge in [-0.2, -0.15) is 0 Å². The van der Waals surface area contributed by atoms with Crippen LogP contribution in [-0.4, -0.2) is 6.67 Å². The predicted molar refractivity (Wildman–Crippen MR) is 30.0 cm³/mol. The van der Waals surface area contributed by atoms with Gasteiger partial charge < -0.3 is 0 Å². The highest BCUT2D eigenvalue weighted by Crippen LogP contribution is 1.94. The van der Waals surface area contributed by atoms with Crippen molar-refractivity contribution < 1.29 is 4.39 Å². The number of rotatable bonds is 4. The fourth-order valence-corrected chi connectivity index (χ4v) is 0.383. The van der Waals surface area contributed by atoms with E-state index in [0.717, 1.165) is 12.8 Å². The Kier molecular flexibility index (Phi) is 5.40. The normalized spacial score (nSPS) is 8.71. The fourth-order valence-electron chi connectivity index (χ4n) is 0.383. The molecule has 0 atom stereocenters. The Hall–Kier alpha value is -0.330. The molecule has 0 fully saturated rings. The number of halogens is 1. The van der Waals surface area contributed by atoms with E-state index in [2.05, 4.69) is 6.58 Å². The van der Waals surface area contributed by atoms with Gasteiger partial charge in [-0.05, 0) is 19.3 Å². The second-order valence-electron chi connectivity index (χ2n) is 1.47. The van der Waals surface area contributed by atoms with Crippen molar-refractivity contribution in [1.82, 2.24) is 0 Å². The molecule has 0 rings (SSSR count). The minimum Gasteiger partial charge on any atom is -0.251 e. The van der Waals surface area contributed by atoms with Gasteiger partial charge in [0, 0.05) is 0 Å². The minimum atomic E-state index is -0.187. The smallest absolute Gasteiger partial charge is 0.0894 e. The molecule has 0 radical (unpaired) electrons. The van der Waals surface area contributed by atoms with E-state index < -0.39 is 0 Å². The summed E-state index contributed by atoms with van der Waals surface area (Å²) in [7, 11) is 0. The second-order valence-corrected chi connectivity index (χ2v) is 1.47. The predicted octanol–water partition coefficient (Wildman–Crippen LogP) is 2.31. The van der Waals surface area contributed by atoms with E-state index in [1.54, 1.807) is 0 Å². The Morgan fingerprint density at radius 1 is 1.43 bits per heavy atom. The van der Waals surface area contributed by atoms with E-state index in [1.807, 2.05) is 6.08 Å². The van der Waals surface area contributed by atoms with Crippen LogP contribution in [0.3, 0.4) is 0 Å². The molecule has 0 N–H and O–H groups in total. The van der Waals surface area contributed by atoms with Crippen LogP contribution in [0.25, 0.3) is 0 Å². The van der Waals surface area contributed by atoms with Gasteiger partial charge in [0.2, 0.25) is 0 Å². The van der Waals surface area contributed by atoms with Gasteiger partial charge in [0.1, 0.15) is 0 Å². The van der Waals surface area contributed by atoms with Crippen molar-refractivity contribution in [2.75, 3.05) is 6.67 Å². The van der Waals surface area contributed by atoms with Crippen molar-refractivity contribution in [1.29, 1.82) is 0 Å². The van der Waals surface area contributed by atoms with Crippen molar-refractivity contribution in [3.8, 4) is 0 Å². The van der Waals surface area contributed by atoms with Crippen LogP contribution in [0.2, 0.25) is 0 Å². The maximum absolute atomic E-state index is 11.3. The first kappa shape index (κ1) is 6.67. The number of hydrogen-bond donors (Lipinski definition) is 0. The standard InChI is InChI=1S/C6H11F/c1-2-3-4-5-6-7/h2H,1,3-6H2. The summed E-state index contributed by atoms with van der Waals surface area (Å²) in [6, 6.07) is 0. The lowest BCUT2D eigenvalue weighted by Crippen LogP contribution is -1.73. The zero-order valence-electron chi connectivity index (χ0n) is 4.49. The zero-order chi connectivity index (χ0) is 5.54. The van der Waals surface area contributed by atoms with Crippen LogP contribution >= 0.6 is 0 Å². The first-order valence-electron chi connectivity index (χ1n) is 2.58. The molecule has 0 aliphatic heterocycles. The molecule has 0 nitrogen and oxygen atoms in total. The lowest BCUT2D eigenvalue weighted by Gasteiger charge is -1.85. The molecule has 0 saturated heterocycles. The van der Waals surface area contributed by atoms with Gasteiger partial charge in [0.05, 0.1) is 6.67 Å². The van der Waals surface area contributed by atoms with Crippen LogP contribution < -0.4 is 0 Å². The fraction of sp³-hybridized carbons (Fsp3) is 0.667. The molecule has 42 valence electrons. The molecule has 0 aliphatic carbocycles. The SMILES string of the molecule is C=CCCCCF. The molecule has 0 spiro atoms. The number of hydrogen-bond acceptors (Lipinski definition) is 0. The summed E-state index contributed by atoms with van der Waals surface area (Å²) in [5.74, 6) is 0. The topological polar surface area (TPSA) is 0 Å². The van der Waals surface area contributed by atoms with Crippen LogP contribution in [-0.2, 0) is 0 Å². The first-order chi connectivity index (χ1) is 3.41. The largest absolute Gasteiger partial charge is 0.251 e. The first-order valence-corrected chi connectivity index (χ1v) is 2.58. The van der Waals surface area contributed by atoms with Crippen molar-refractivity contribution in [3.63, 3.8) is 0 Å². The Morgan fingerprint density at radius 2 is 2.14 bits per heavy atom. The summed E-state index contributed by atoms with van der Waals surface area (Å²) in [4.78, 5) is 0. The molecular weight excluding hydrogens is 91.1 g/mol. The van der Waals surface area contributed by atoms with Crippen LogP contribution in [0.1, 0.15) is 19.3 Å². The van der Waals surface area contributed by atoms with Crippen LogP contribution in [0.15, 0.2) is 12.7 Å². The Balaban J connectivity index is 2.56. The molecule has 1 heteroatoms. The molecule has 0 bridgehead atoms. The quantitative estimate of drug-likeness (QED) is 0.377. The molecule has 0 heterocycles. The van der Waals surface area contributed by atoms with Crippen LogP contribution in [0.5, 0.6) is 0 Å². The van der Waals surface area contributed by atoms with Gasteiger partial charge in [-0.15, -0.1) is 6.58 Å². The van der Waals surface area contributed by atoms with E-state index in [4.69, 9.17) is 0 Å². The molecule has 0 aliphatic rings. The molecule has 0 amide bonds. The Morgan fingerprint density at radius 3 is 2.57 bits per heavy atom. The summed E-state index contributed by atoms with van der Waals surface area (Å²) >= 11 is 0. The van der Waals surface area contributed by atoms with Gasteiger partial charge in [0.15, 0.2) is 0 Å². The van der Waals surface area contributed by atoms with Crippen LogP contribution in [0, 0.1) is 0 Å². The van der Waals surface area contributed by atoms with Gasteiger partial charge in [-0.3, -0.25) is 4.39 Å². The van der Waals surface area contributed by atoms with E-state index >= 15 is 0 Å². The average molecular weight is 102 g/mol. The van der Waals surface area contributed by atoms with Crippen molar-refractivity contribution >= 4 is 0 Å². The lowest BCUT2D eigenvalue weighted by atomic mass is 10.2. The van der Waals surface area contributed by atoms with Crippen LogP contribution in [0.4, 0.5) is 4.39 Å². The van der Waals surface area contributed by atoms with E-state index in [9.17, 15) is 4.39 Å². The van der Waals surface area contributed by atoms with E-state index in [-0.39, 0.29) is 6.67 Å². The number of allylic oxidation sites excluding steroid dienone is 1. The number of alkyl halides is 1. The maximum atomic E-state index is 11.3. The molecule has 0 saturated carbocycles. The minimum absolute atomic E-state index is 0.187. The molecule has 7 heavy (non-hydrogen) atoms. The van der Waals surface area contributed by atoms with Crippen molar-refractivity contribution in [2.24, 2.45) is 0 Å². The van der Waals surface area contributed by atoms with Crippen molar-refractivity contribution in [2.45, 2.75) is 19.3 Å². The maximum Gasteiger partial charge on any atom is 0.0894 e. The highest BCUT2D eigenvalue weighted by atomic mass is 19.1. The van der Waals surface area contributed by atoms with Gasteiger partial charge in [0.25, 0.3) is 0 Å². The third-order valence-electron chi connectivity index (χ3n) is 0.792. The second kappa shape index (κ2) is 5.67. The van der Waals surface area contributed by atoms with Gasteiger partial charge in [-0.25, -0.2) is 0 Å². The van der Waals surface area contributed by atoms with Gasteiger partial charge >= 0.3 is 0 Å². The molecule has 0 aromatic rings. The highest BCUT2D eigenvalue weighted by molar-refractivity contribution is 4.64. The summed E-state index contributed by atoms with van der Waals surface area (Å²) in [5, 5.41) is 0. The molecule has 0 aromatic carbocycles. The highest BCUT2D eigenvalue weighted by Gasteiger charge is 1.79. The monoisotopic (exact) mass is 102 g/mol. The third-order valence-corrected chi connectivity index (χ3v) is 0.792. The summed E-state index contributed by atoms with van der Waals surface area (Å²) < 4.78 is 11.3. The summed E-state index contributed by atoms with van der Waals surface area (Å²) in [5.41, 5.74) is 0.